The van der Waals surface area contributed by atoms with Gasteiger partial charge in [0.15, 0.2) is 0 Å². The van der Waals surface area contributed by atoms with Crippen LogP contribution in [-0.2, 0) is 13.0 Å². The van der Waals surface area contributed by atoms with Crippen molar-refractivity contribution in [2.24, 2.45) is 0 Å². The number of rotatable bonds is 1. The van der Waals surface area contributed by atoms with Crippen LogP contribution in [0.1, 0.15) is 11.1 Å². The van der Waals surface area contributed by atoms with Gasteiger partial charge < -0.3 is 10.2 Å². The molecule has 0 saturated carbocycles. The third-order valence-corrected chi connectivity index (χ3v) is 4.98. The summed E-state index contributed by atoms with van der Waals surface area (Å²) < 4.78 is 28.7. The molecule has 1 N–H and O–H groups in total. The highest BCUT2D eigenvalue weighted by atomic mass is 32.1. The number of carbonyl (C=O) groups excluding carboxylic acids is 1. The molecule has 122 valence electrons. The highest BCUT2D eigenvalue weighted by molar-refractivity contribution is 7.16. The molecule has 1 aromatic heterocycles. The number of benzene rings is 2. The van der Waals surface area contributed by atoms with Crippen LogP contribution in [0.5, 0.6) is 0 Å². The van der Waals surface area contributed by atoms with Crippen molar-refractivity contribution in [2.75, 3.05) is 11.9 Å². The van der Waals surface area contributed by atoms with Gasteiger partial charge in [-0.1, -0.05) is 0 Å². The van der Waals surface area contributed by atoms with Crippen LogP contribution < -0.4 is 5.32 Å². The first kappa shape index (κ1) is 15.0. The molecule has 3 aromatic rings. The van der Waals surface area contributed by atoms with E-state index in [-0.39, 0.29) is 18.1 Å². The minimum atomic E-state index is -0.479. The number of carbonyl (C=O) groups is 1. The van der Waals surface area contributed by atoms with E-state index in [1.54, 1.807) is 17.6 Å². The maximum absolute atomic E-state index is 13.9. The summed E-state index contributed by atoms with van der Waals surface area (Å²) in [7, 11) is 0. The van der Waals surface area contributed by atoms with Crippen molar-refractivity contribution < 1.29 is 13.6 Å². The average molecular weight is 345 g/mol. The lowest BCUT2D eigenvalue weighted by atomic mass is 9.99. The summed E-state index contributed by atoms with van der Waals surface area (Å²) in [5.74, 6) is -0.895. The molecule has 2 heterocycles. The number of fused-ring (bicyclic) bond motifs is 2. The Morgan fingerprint density at radius 3 is 2.79 bits per heavy atom. The molecule has 2 amide bonds. The van der Waals surface area contributed by atoms with Crippen LogP contribution in [0.25, 0.3) is 10.2 Å². The fourth-order valence-electron chi connectivity index (χ4n) is 2.91. The van der Waals surface area contributed by atoms with Crippen LogP contribution in [0.2, 0.25) is 0 Å². The number of anilines is 1. The Balaban J connectivity index is 1.54. The fourth-order valence-corrected chi connectivity index (χ4v) is 3.56. The molecule has 0 fully saturated rings. The SMILES string of the molecule is O=C(Nc1ccc2scnc2c1)N1CCc2c(F)ccc(F)c2C1. The quantitative estimate of drug-likeness (QED) is 0.720. The number of amides is 2. The largest absolute Gasteiger partial charge is 0.322 e. The molecule has 0 bridgehead atoms. The van der Waals surface area contributed by atoms with Gasteiger partial charge in [-0.2, -0.15) is 0 Å². The summed E-state index contributed by atoms with van der Waals surface area (Å²) in [6.45, 7) is 0.405. The first-order valence-corrected chi connectivity index (χ1v) is 8.35. The second-order valence-corrected chi connectivity index (χ2v) is 6.51. The number of aromatic nitrogens is 1. The molecule has 24 heavy (non-hydrogen) atoms. The molecular weight excluding hydrogens is 332 g/mol. The first-order chi connectivity index (χ1) is 11.6. The Labute approximate surface area is 140 Å². The summed E-state index contributed by atoms with van der Waals surface area (Å²) in [5, 5.41) is 2.79. The maximum atomic E-state index is 13.9. The lowest BCUT2D eigenvalue weighted by Gasteiger charge is -2.29. The van der Waals surface area contributed by atoms with E-state index in [4.69, 9.17) is 0 Å². The Kier molecular flexibility index (Phi) is 3.65. The number of nitrogens with zero attached hydrogens (tertiary/aromatic N) is 2. The number of thiazole rings is 1. The Morgan fingerprint density at radius 1 is 1.17 bits per heavy atom. The lowest BCUT2D eigenvalue weighted by molar-refractivity contribution is 0.204. The highest BCUT2D eigenvalue weighted by Gasteiger charge is 2.25. The fraction of sp³-hybridized carbons (Fsp3) is 0.176. The van der Waals surface area contributed by atoms with Gasteiger partial charge in [0.25, 0.3) is 0 Å². The van der Waals surface area contributed by atoms with E-state index >= 15 is 0 Å². The smallest absolute Gasteiger partial charge is 0.320 e. The molecule has 0 aliphatic carbocycles. The predicted molar refractivity (Wildman–Crippen MR) is 89.1 cm³/mol. The minimum Gasteiger partial charge on any atom is -0.320 e. The number of nitrogens with one attached hydrogen (secondary N) is 1. The van der Waals surface area contributed by atoms with Crippen molar-refractivity contribution in [3.8, 4) is 0 Å². The standard InChI is InChI=1S/C17H13F2N3OS/c18-13-2-3-14(19)12-8-22(6-5-11(12)13)17(23)21-10-1-4-16-15(7-10)20-9-24-16/h1-4,7,9H,5-6,8H2,(H,21,23). The molecule has 0 unspecified atom stereocenters. The van der Waals surface area contributed by atoms with E-state index < -0.39 is 11.6 Å². The van der Waals surface area contributed by atoms with Crippen LogP contribution in [0.3, 0.4) is 0 Å². The van der Waals surface area contributed by atoms with Crippen LogP contribution in [0, 0.1) is 11.6 Å². The molecule has 0 saturated heterocycles. The monoisotopic (exact) mass is 345 g/mol. The summed E-state index contributed by atoms with van der Waals surface area (Å²) in [6.07, 6.45) is 0.303. The van der Waals surface area contributed by atoms with E-state index in [2.05, 4.69) is 10.3 Å². The molecule has 4 nitrogen and oxygen atoms in total. The van der Waals surface area contributed by atoms with Gasteiger partial charge in [-0.3, -0.25) is 0 Å². The third kappa shape index (κ3) is 2.60. The number of urea groups is 1. The predicted octanol–water partition coefficient (Wildman–Crippen LogP) is 4.16. The molecule has 7 heteroatoms. The van der Waals surface area contributed by atoms with Gasteiger partial charge in [0.05, 0.1) is 22.3 Å². The minimum absolute atomic E-state index is 0.0592. The van der Waals surface area contributed by atoms with Gasteiger partial charge in [-0.05, 0) is 42.3 Å². The molecule has 1 aliphatic heterocycles. The van der Waals surface area contributed by atoms with Gasteiger partial charge in [-0.15, -0.1) is 11.3 Å². The third-order valence-electron chi connectivity index (χ3n) is 4.17. The highest BCUT2D eigenvalue weighted by Crippen LogP contribution is 2.26. The van der Waals surface area contributed by atoms with Gasteiger partial charge in [-0.25, -0.2) is 18.6 Å². The summed E-state index contributed by atoms with van der Waals surface area (Å²) in [5.41, 5.74) is 3.81. The van der Waals surface area contributed by atoms with Crippen molar-refractivity contribution in [3.05, 3.63) is 58.6 Å². The molecule has 0 spiro atoms. The molecular formula is C17H13F2N3OS. The number of hydrogen-bond donors (Lipinski definition) is 1. The number of hydrogen-bond acceptors (Lipinski definition) is 3. The van der Waals surface area contributed by atoms with Crippen molar-refractivity contribution in [1.29, 1.82) is 0 Å². The molecule has 0 radical (unpaired) electrons. The Morgan fingerprint density at radius 2 is 1.96 bits per heavy atom. The normalized spacial score (nSPS) is 13.8. The van der Waals surface area contributed by atoms with Crippen molar-refractivity contribution in [3.63, 3.8) is 0 Å². The molecule has 0 atom stereocenters. The van der Waals surface area contributed by atoms with Crippen LogP contribution in [0.4, 0.5) is 19.3 Å². The van der Waals surface area contributed by atoms with Crippen LogP contribution in [-0.4, -0.2) is 22.5 Å². The van der Waals surface area contributed by atoms with Crippen LogP contribution >= 0.6 is 11.3 Å². The molecule has 2 aromatic carbocycles. The summed E-state index contributed by atoms with van der Waals surface area (Å²) in [6, 6.07) is 7.39. The van der Waals surface area contributed by atoms with Crippen molar-refractivity contribution in [2.45, 2.75) is 13.0 Å². The zero-order chi connectivity index (χ0) is 16.7. The topological polar surface area (TPSA) is 45.2 Å². The van der Waals surface area contributed by atoms with Gasteiger partial charge in [0, 0.05) is 17.8 Å². The zero-order valence-electron chi connectivity index (χ0n) is 12.6. The summed E-state index contributed by atoms with van der Waals surface area (Å²) >= 11 is 1.53. The van der Waals surface area contributed by atoms with Gasteiger partial charge in [0.2, 0.25) is 0 Å². The maximum Gasteiger partial charge on any atom is 0.322 e. The van der Waals surface area contributed by atoms with E-state index in [1.807, 2.05) is 6.07 Å². The Bertz CT molecular complexity index is 941. The van der Waals surface area contributed by atoms with Gasteiger partial charge in [0.1, 0.15) is 11.6 Å². The van der Waals surface area contributed by atoms with E-state index in [9.17, 15) is 13.6 Å². The van der Waals surface area contributed by atoms with E-state index in [0.717, 1.165) is 22.3 Å². The van der Waals surface area contributed by atoms with Crippen molar-refractivity contribution in [1.82, 2.24) is 9.88 Å². The van der Waals surface area contributed by atoms with Crippen molar-refractivity contribution >= 4 is 33.3 Å². The second-order valence-electron chi connectivity index (χ2n) is 5.62. The Hall–Kier alpha value is -2.54. The van der Waals surface area contributed by atoms with E-state index in [0.29, 0.717) is 24.2 Å². The first-order valence-electron chi connectivity index (χ1n) is 7.47. The summed E-state index contributed by atoms with van der Waals surface area (Å²) in [4.78, 5) is 18.1. The van der Waals surface area contributed by atoms with Crippen LogP contribution in [0.15, 0.2) is 35.8 Å². The number of halogens is 2. The molecule has 1 aliphatic rings. The molecule has 4 rings (SSSR count). The van der Waals surface area contributed by atoms with Gasteiger partial charge >= 0.3 is 6.03 Å². The zero-order valence-corrected chi connectivity index (χ0v) is 13.4. The van der Waals surface area contributed by atoms with E-state index in [1.165, 1.54) is 16.2 Å². The second kappa shape index (κ2) is 5.83. The lowest BCUT2D eigenvalue weighted by Crippen LogP contribution is -2.39. The average Bonchev–Trinajstić information content (AvgIpc) is 3.05.